The average Bonchev–Trinajstić information content (AvgIpc) is 3.15. The molecule has 1 aliphatic heterocycles. The molecular weight excluding hydrogens is 378 g/mol. The Kier molecular flexibility index (Phi) is 6.02. The summed E-state index contributed by atoms with van der Waals surface area (Å²) in [7, 11) is 0. The first kappa shape index (κ1) is 19.5. The number of hydrogen-bond acceptors (Lipinski definition) is 8. The maximum Gasteiger partial charge on any atom is 0.268 e. The van der Waals surface area contributed by atoms with E-state index in [1.807, 2.05) is 30.3 Å². The highest BCUT2D eigenvalue weighted by atomic mass is 32.2. The van der Waals surface area contributed by atoms with Crippen LogP contribution in [-0.4, -0.2) is 27.9 Å². The van der Waals surface area contributed by atoms with Gasteiger partial charge in [0.2, 0.25) is 5.56 Å². The van der Waals surface area contributed by atoms with Crippen LogP contribution >= 0.6 is 11.8 Å². The number of carbonyl (C=O) groups is 1. The number of pyridine rings is 1. The number of nitrogens with zero attached hydrogens (tertiary/aromatic N) is 2. The molecule has 3 rings (SSSR count). The van der Waals surface area contributed by atoms with Gasteiger partial charge < -0.3 is 16.0 Å². The van der Waals surface area contributed by atoms with E-state index in [1.165, 1.54) is 29.0 Å². The lowest BCUT2D eigenvalue weighted by Crippen LogP contribution is -2.38. The summed E-state index contributed by atoms with van der Waals surface area (Å²) in [6.07, 6.45) is 1.30. The third kappa shape index (κ3) is 4.72. The van der Waals surface area contributed by atoms with Gasteiger partial charge in [0, 0.05) is 23.9 Å². The van der Waals surface area contributed by atoms with Crippen LogP contribution in [0.4, 0.5) is 5.69 Å². The zero-order valence-electron chi connectivity index (χ0n) is 15.2. The first-order chi connectivity index (χ1) is 13.4. The van der Waals surface area contributed by atoms with Gasteiger partial charge in [-0.25, -0.2) is 5.84 Å². The number of nitrogens with two attached hydrogens (primary N) is 2. The minimum absolute atomic E-state index is 0.0553. The van der Waals surface area contributed by atoms with Crippen LogP contribution in [0.25, 0.3) is 0 Å². The van der Waals surface area contributed by atoms with Crippen LogP contribution in [0.15, 0.2) is 64.3 Å². The molecule has 0 radical (unpaired) electrons. The van der Waals surface area contributed by atoms with E-state index in [0.717, 1.165) is 10.6 Å². The van der Waals surface area contributed by atoms with E-state index in [-0.39, 0.29) is 16.6 Å². The molecule has 28 heavy (non-hydrogen) atoms. The molecule has 0 saturated heterocycles. The monoisotopic (exact) mass is 399 g/mol. The largest absolute Gasteiger partial charge is 0.393 e. The second-order valence-electron chi connectivity index (χ2n) is 6.05. The van der Waals surface area contributed by atoms with Crippen LogP contribution in [0.2, 0.25) is 0 Å². The number of hydrazine groups is 1. The van der Waals surface area contributed by atoms with Crippen molar-refractivity contribution < 1.29 is 4.79 Å². The van der Waals surface area contributed by atoms with Crippen LogP contribution in [0.3, 0.4) is 0 Å². The van der Waals surface area contributed by atoms with E-state index in [0.29, 0.717) is 17.9 Å². The van der Waals surface area contributed by atoms with E-state index in [1.54, 1.807) is 13.0 Å². The van der Waals surface area contributed by atoms with Crippen molar-refractivity contribution in [1.82, 2.24) is 15.7 Å². The topological polar surface area (TPSA) is 142 Å². The van der Waals surface area contributed by atoms with Crippen molar-refractivity contribution >= 4 is 28.4 Å². The molecule has 0 saturated carbocycles. The number of aryl methyl sites for hydroxylation is 1. The smallest absolute Gasteiger partial charge is 0.268 e. The highest BCUT2D eigenvalue weighted by molar-refractivity contribution is 8.15. The Hall–Kier alpha value is -3.24. The Morgan fingerprint density at radius 3 is 2.79 bits per heavy atom. The van der Waals surface area contributed by atoms with E-state index in [2.05, 4.69) is 20.8 Å². The summed E-state index contributed by atoms with van der Waals surface area (Å²) in [6.45, 7) is 2.04. The minimum atomic E-state index is -0.451. The molecule has 1 aromatic heterocycles. The van der Waals surface area contributed by atoms with Crippen molar-refractivity contribution in [3.8, 4) is 0 Å². The summed E-state index contributed by atoms with van der Waals surface area (Å²) in [5, 5.41) is 9.00. The minimum Gasteiger partial charge on any atom is -0.393 e. The number of hydrogen-bond donors (Lipinski definition) is 5. The van der Waals surface area contributed by atoms with Gasteiger partial charge in [0.15, 0.2) is 0 Å². The quantitative estimate of drug-likeness (QED) is 0.267. The highest BCUT2D eigenvalue weighted by Gasteiger charge is 2.21. The molecule has 1 amide bonds. The number of aromatic nitrogens is 1. The number of rotatable bonds is 6. The van der Waals surface area contributed by atoms with Crippen molar-refractivity contribution in [3.63, 3.8) is 0 Å². The molecule has 9 nitrogen and oxygen atoms in total. The Labute approximate surface area is 165 Å². The van der Waals surface area contributed by atoms with Gasteiger partial charge in [-0.05, 0) is 13.0 Å². The maximum atomic E-state index is 12.2. The van der Waals surface area contributed by atoms with Gasteiger partial charge in [-0.1, -0.05) is 42.1 Å². The fraction of sp³-hybridized carbons (Fsp3) is 0.167. The Bertz CT molecular complexity index is 971. The number of nitrogens with one attached hydrogen (secondary N) is 3. The summed E-state index contributed by atoms with van der Waals surface area (Å²) in [6, 6.07) is 12.7. The Morgan fingerprint density at radius 1 is 1.32 bits per heavy atom. The van der Waals surface area contributed by atoms with Crippen molar-refractivity contribution in [2.24, 2.45) is 16.7 Å². The van der Waals surface area contributed by atoms with Gasteiger partial charge in [-0.15, -0.1) is 0 Å². The van der Waals surface area contributed by atoms with Crippen LogP contribution in [-0.2, 0) is 4.79 Å². The lowest BCUT2D eigenvalue weighted by atomic mass is 10.2. The SMILES string of the molecule is Cc1[nH]c(=O)ccc1N(N)/C=C(\N)C(=O)NCC1NN=C(c2ccccc2)S1. The van der Waals surface area contributed by atoms with Gasteiger partial charge in [-0.3, -0.25) is 20.0 Å². The molecular formula is C18H21N7O2S. The normalized spacial score (nSPS) is 16.3. The van der Waals surface area contributed by atoms with E-state index < -0.39 is 5.91 Å². The Balaban J connectivity index is 1.53. The molecule has 1 aliphatic rings. The predicted octanol–water partition coefficient (Wildman–Crippen LogP) is 0.304. The van der Waals surface area contributed by atoms with Crippen LogP contribution in [0.1, 0.15) is 11.3 Å². The number of benzene rings is 1. The highest BCUT2D eigenvalue weighted by Crippen LogP contribution is 2.22. The fourth-order valence-corrected chi connectivity index (χ4v) is 3.45. The number of carbonyl (C=O) groups excluding carboxylic acids is 1. The Morgan fingerprint density at radius 2 is 2.07 bits per heavy atom. The van der Waals surface area contributed by atoms with Gasteiger partial charge >= 0.3 is 0 Å². The fourth-order valence-electron chi connectivity index (χ4n) is 2.53. The molecule has 1 atom stereocenters. The van der Waals surface area contributed by atoms with Gasteiger partial charge in [0.1, 0.15) is 16.1 Å². The molecule has 2 aromatic rings. The number of H-pyrrole nitrogens is 1. The van der Waals surface area contributed by atoms with Crippen molar-refractivity contribution in [2.75, 3.05) is 11.6 Å². The van der Waals surface area contributed by atoms with E-state index in [9.17, 15) is 9.59 Å². The lowest BCUT2D eigenvalue weighted by Gasteiger charge is -2.17. The second kappa shape index (κ2) is 8.63. The first-order valence-corrected chi connectivity index (χ1v) is 9.36. The zero-order valence-corrected chi connectivity index (χ0v) is 16.0. The summed E-state index contributed by atoms with van der Waals surface area (Å²) in [4.78, 5) is 26.2. The van der Waals surface area contributed by atoms with Crippen molar-refractivity contribution in [1.29, 1.82) is 0 Å². The van der Waals surface area contributed by atoms with Crippen molar-refractivity contribution in [2.45, 2.75) is 12.3 Å². The standard InChI is InChI=1S/C18H21N7O2S/c1-11-14(7-8-15(26)22-11)25(20)10-13(19)17(27)21-9-16-23-24-18(28-16)12-5-3-2-4-6-12/h2-8,10,16,23H,9,19-20H2,1H3,(H,21,27)(H,22,26)/b13-10-. The molecule has 2 heterocycles. The molecule has 0 spiro atoms. The van der Waals surface area contributed by atoms with Crippen LogP contribution in [0.5, 0.6) is 0 Å². The molecule has 0 aliphatic carbocycles. The van der Waals surface area contributed by atoms with Crippen LogP contribution < -0.4 is 32.9 Å². The van der Waals surface area contributed by atoms with Crippen LogP contribution in [0, 0.1) is 6.92 Å². The molecule has 0 bridgehead atoms. The average molecular weight is 399 g/mol. The molecule has 1 unspecified atom stereocenters. The summed E-state index contributed by atoms with van der Waals surface area (Å²) < 4.78 is 0. The number of thioether (sulfide) groups is 1. The van der Waals surface area contributed by atoms with Gasteiger partial charge in [0.25, 0.3) is 5.91 Å². The second-order valence-corrected chi connectivity index (χ2v) is 7.24. The van der Waals surface area contributed by atoms with E-state index in [4.69, 9.17) is 11.6 Å². The third-order valence-corrected chi connectivity index (χ3v) is 5.05. The predicted molar refractivity (Wildman–Crippen MR) is 111 cm³/mol. The summed E-state index contributed by atoms with van der Waals surface area (Å²) in [5.41, 5.74) is 10.7. The van der Waals surface area contributed by atoms with Gasteiger partial charge in [0.05, 0.1) is 11.9 Å². The molecule has 10 heteroatoms. The maximum absolute atomic E-state index is 12.2. The third-order valence-electron chi connectivity index (χ3n) is 3.94. The number of aromatic amines is 1. The number of amides is 1. The molecule has 1 aromatic carbocycles. The van der Waals surface area contributed by atoms with Crippen molar-refractivity contribution in [3.05, 3.63) is 76.0 Å². The number of hydrazone groups is 1. The van der Waals surface area contributed by atoms with Gasteiger partial charge in [-0.2, -0.15) is 5.10 Å². The number of anilines is 1. The zero-order chi connectivity index (χ0) is 20.1. The molecule has 0 fully saturated rings. The lowest BCUT2D eigenvalue weighted by molar-refractivity contribution is -0.117. The first-order valence-electron chi connectivity index (χ1n) is 8.48. The molecule has 146 valence electrons. The summed E-state index contributed by atoms with van der Waals surface area (Å²) >= 11 is 1.53. The summed E-state index contributed by atoms with van der Waals surface area (Å²) in [5.74, 6) is 5.47. The molecule has 7 N–H and O–H groups in total. The van der Waals surface area contributed by atoms with E-state index >= 15 is 0 Å².